The zero-order valence-electron chi connectivity index (χ0n) is 10.6. The van der Waals surface area contributed by atoms with E-state index in [0.717, 1.165) is 30.5 Å². The van der Waals surface area contributed by atoms with E-state index in [-0.39, 0.29) is 5.91 Å². The predicted octanol–water partition coefficient (Wildman–Crippen LogP) is 2.19. The van der Waals surface area contributed by atoms with Crippen molar-refractivity contribution >= 4 is 5.91 Å². The van der Waals surface area contributed by atoms with Gasteiger partial charge in [0.1, 0.15) is 6.17 Å². The Kier molecular flexibility index (Phi) is 4.53. The smallest absolute Gasteiger partial charge is 0.224 e. The summed E-state index contributed by atoms with van der Waals surface area (Å²) in [6.45, 7) is 0.625. The van der Waals surface area contributed by atoms with Crippen LogP contribution in [0.3, 0.4) is 0 Å². The number of carbonyl (C=O) groups is 1. The maximum Gasteiger partial charge on any atom is 0.224 e. The normalized spacial score (nSPS) is 26.3. The number of alkyl halides is 1. The number of hydrogen-bond acceptors (Lipinski definition) is 2. The first-order valence-corrected chi connectivity index (χ1v) is 6.73. The van der Waals surface area contributed by atoms with Crippen molar-refractivity contribution in [2.75, 3.05) is 6.54 Å². The van der Waals surface area contributed by atoms with Crippen LogP contribution in [0.25, 0.3) is 0 Å². The summed E-state index contributed by atoms with van der Waals surface area (Å²) in [5.41, 5.74) is 7.38. The molecule has 0 heterocycles. The first-order chi connectivity index (χ1) is 8.69. The minimum atomic E-state index is -0.700. The molecule has 0 saturated heterocycles. The van der Waals surface area contributed by atoms with Crippen molar-refractivity contribution in [1.29, 1.82) is 0 Å². The van der Waals surface area contributed by atoms with Gasteiger partial charge in [-0.15, -0.1) is 0 Å². The molecule has 2 unspecified atom stereocenters. The van der Waals surface area contributed by atoms with Crippen LogP contribution in [-0.2, 0) is 4.79 Å². The molecule has 0 aromatic heterocycles. The topological polar surface area (TPSA) is 55.1 Å². The van der Waals surface area contributed by atoms with E-state index in [1.807, 2.05) is 12.2 Å². The number of nitrogens with one attached hydrogen (secondary N) is 1. The molecule has 2 aliphatic rings. The van der Waals surface area contributed by atoms with Gasteiger partial charge in [0.15, 0.2) is 0 Å². The second-order valence-corrected chi connectivity index (χ2v) is 5.14. The zero-order chi connectivity index (χ0) is 13.0. The quantitative estimate of drug-likeness (QED) is 0.737. The molecular weight excluding hydrogens is 231 g/mol. The predicted molar refractivity (Wildman–Crippen MR) is 69.5 cm³/mol. The molecular formula is C14H21FN2O. The summed E-state index contributed by atoms with van der Waals surface area (Å²) in [5, 5.41) is 2.89. The molecule has 0 aromatic carbocycles. The van der Waals surface area contributed by atoms with Gasteiger partial charge in [0.25, 0.3) is 0 Å². The van der Waals surface area contributed by atoms with E-state index < -0.39 is 6.17 Å². The van der Waals surface area contributed by atoms with E-state index in [1.54, 1.807) is 0 Å². The summed E-state index contributed by atoms with van der Waals surface area (Å²) in [6.07, 6.45) is 7.49. The fourth-order valence-electron chi connectivity index (χ4n) is 2.66. The average Bonchev–Trinajstić information content (AvgIpc) is 2.69. The van der Waals surface area contributed by atoms with Crippen molar-refractivity contribution in [3.05, 3.63) is 23.4 Å². The van der Waals surface area contributed by atoms with Crippen LogP contribution >= 0.6 is 0 Å². The summed E-state index contributed by atoms with van der Waals surface area (Å²) in [6, 6.07) is 0. The second-order valence-electron chi connectivity index (χ2n) is 5.14. The summed E-state index contributed by atoms with van der Waals surface area (Å²) in [5.74, 6) is 0.387. The first-order valence-electron chi connectivity index (χ1n) is 6.73. The fourth-order valence-corrected chi connectivity index (χ4v) is 2.66. The van der Waals surface area contributed by atoms with E-state index in [9.17, 15) is 9.18 Å². The molecule has 18 heavy (non-hydrogen) atoms. The Balaban J connectivity index is 1.82. The Morgan fingerprint density at radius 1 is 1.50 bits per heavy atom. The number of carbonyl (C=O) groups excluding carboxylic acids is 1. The number of amides is 1. The van der Waals surface area contributed by atoms with Crippen LogP contribution in [-0.4, -0.2) is 18.6 Å². The number of nitrogens with two attached hydrogens (primary N) is 1. The van der Waals surface area contributed by atoms with Gasteiger partial charge in [0, 0.05) is 18.5 Å². The summed E-state index contributed by atoms with van der Waals surface area (Å²) < 4.78 is 13.3. The van der Waals surface area contributed by atoms with Gasteiger partial charge in [-0.05, 0) is 44.2 Å². The average molecular weight is 252 g/mol. The van der Waals surface area contributed by atoms with Gasteiger partial charge in [-0.1, -0.05) is 11.6 Å². The fraction of sp³-hybridized carbons (Fsp3) is 0.643. The molecule has 3 N–H and O–H groups in total. The Morgan fingerprint density at radius 2 is 2.33 bits per heavy atom. The highest BCUT2D eigenvalue weighted by Crippen LogP contribution is 2.38. The number of allylic oxidation sites excluding steroid dienone is 3. The van der Waals surface area contributed by atoms with Gasteiger partial charge in [-0.3, -0.25) is 4.79 Å². The van der Waals surface area contributed by atoms with Gasteiger partial charge in [-0.2, -0.15) is 0 Å². The maximum absolute atomic E-state index is 13.3. The molecule has 0 bridgehead atoms. The van der Waals surface area contributed by atoms with Crippen molar-refractivity contribution in [3.8, 4) is 0 Å². The van der Waals surface area contributed by atoms with Crippen LogP contribution in [0.4, 0.5) is 4.39 Å². The van der Waals surface area contributed by atoms with Gasteiger partial charge in [0.2, 0.25) is 5.91 Å². The molecule has 2 atom stereocenters. The van der Waals surface area contributed by atoms with Crippen LogP contribution in [0.1, 0.15) is 38.5 Å². The number of fused-ring (bicyclic) bond motifs is 1. The van der Waals surface area contributed by atoms with Crippen molar-refractivity contribution in [2.24, 2.45) is 11.7 Å². The number of rotatable bonds is 5. The van der Waals surface area contributed by atoms with E-state index in [4.69, 9.17) is 5.73 Å². The van der Waals surface area contributed by atoms with E-state index in [0.29, 0.717) is 31.7 Å². The van der Waals surface area contributed by atoms with E-state index in [2.05, 4.69) is 5.32 Å². The van der Waals surface area contributed by atoms with Crippen molar-refractivity contribution in [1.82, 2.24) is 5.32 Å². The third-order valence-corrected chi connectivity index (χ3v) is 3.63. The lowest BCUT2D eigenvalue weighted by Crippen LogP contribution is -2.23. The number of hydrogen-bond donors (Lipinski definition) is 2. The molecule has 1 amide bonds. The Morgan fingerprint density at radius 3 is 3.11 bits per heavy atom. The maximum atomic E-state index is 13.3. The van der Waals surface area contributed by atoms with Crippen molar-refractivity contribution in [3.63, 3.8) is 0 Å². The Bertz CT molecular complexity index is 376. The molecule has 0 aliphatic heterocycles. The SMILES string of the molecule is NCCCCC(=O)NC1=CCC2CC(F)CC2=C1. The molecule has 4 heteroatoms. The summed E-state index contributed by atoms with van der Waals surface area (Å²) >= 11 is 0. The van der Waals surface area contributed by atoms with E-state index in [1.165, 1.54) is 0 Å². The summed E-state index contributed by atoms with van der Waals surface area (Å²) in [7, 11) is 0. The third-order valence-electron chi connectivity index (χ3n) is 3.63. The highest BCUT2D eigenvalue weighted by molar-refractivity contribution is 5.78. The molecule has 0 spiro atoms. The minimum absolute atomic E-state index is 0.0276. The van der Waals surface area contributed by atoms with Crippen molar-refractivity contribution in [2.45, 2.75) is 44.7 Å². The molecule has 1 fully saturated rings. The van der Waals surface area contributed by atoms with E-state index >= 15 is 0 Å². The molecule has 1 saturated carbocycles. The molecule has 2 rings (SSSR count). The zero-order valence-corrected chi connectivity index (χ0v) is 10.6. The first kappa shape index (κ1) is 13.3. The highest BCUT2D eigenvalue weighted by Gasteiger charge is 2.30. The van der Waals surface area contributed by atoms with Crippen LogP contribution in [0, 0.1) is 5.92 Å². The highest BCUT2D eigenvalue weighted by atomic mass is 19.1. The van der Waals surface area contributed by atoms with Gasteiger partial charge in [0.05, 0.1) is 0 Å². The standard InChI is InChI=1S/C14H21FN2O/c15-12-7-10-4-5-13(9-11(10)8-12)17-14(18)3-1-2-6-16/h5,9-10,12H,1-4,6-8,16H2,(H,17,18). The molecule has 3 nitrogen and oxygen atoms in total. The lowest BCUT2D eigenvalue weighted by atomic mass is 9.93. The number of halogens is 1. The van der Waals surface area contributed by atoms with Crippen LogP contribution in [0.15, 0.2) is 23.4 Å². The van der Waals surface area contributed by atoms with Gasteiger partial charge in [-0.25, -0.2) is 4.39 Å². The molecule has 0 aromatic rings. The number of unbranched alkanes of at least 4 members (excludes halogenated alkanes) is 1. The minimum Gasteiger partial charge on any atom is -0.330 e. The van der Waals surface area contributed by atoms with Crippen LogP contribution in [0.5, 0.6) is 0 Å². The van der Waals surface area contributed by atoms with Crippen LogP contribution in [0.2, 0.25) is 0 Å². The lowest BCUT2D eigenvalue weighted by molar-refractivity contribution is -0.120. The lowest BCUT2D eigenvalue weighted by Gasteiger charge is -2.17. The largest absolute Gasteiger partial charge is 0.330 e. The van der Waals surface area contributed by atoms with Crippen molar-refractivity contribution < 1.29 is 9.18 Å². The molecule has 100 valence electrons. The second kappa shape index (κ2) is 6.14. The summed E-state index contributed by atoms with van der Waals surface area (Å²) in [4.78, 5) is 11.6. The third kappa shape index (κ3) is 3.42. The van der Waals surface area contributed by atoms with Gasteiger partial charge < -0.3 is 11.1 Å². The monoisotopic (exact) mass is 252 g/mol. The Hall–Kier alpha value is -1.16. The molecule has 0 radical (unpaired) electrons. The van der Waals surface area contributed by atoms with Crippen LogP contribution < -0.4 is 11.1 Å². The molecule has 2 aliphatic carbocycles. The Labute approximate surface area is 107 Å². The van der Waals surface area contributed by atoms with Gasteiger partial charge >= 0.3 is 0 Å².